The number of carboxylic acid groups (broad SMARTS) is 1. The van der Waals surface area contributed by atoms with Crippen molar-refractivity contribution >= 4 is 11.9 Å². The van der Waals surface area contributed by atoms with Gasteiger partial charge in [0.25, 0.3) is 5.91 Å². The zero-order valence-corrected chi connectivity index (χ0v) is 10.3. The normalized spacial score (nSPS) is 18.9. The highest BCUT2D eigenvalue weighted by molar-refractivity contribution is 5.84. The van der Waals surface area contributed by atoms with Gasteiger partial charge in [0, 0.05) is 6.54 Å². The maximum Gasteiger partial charge on any atom is 0.328 e. The third-order valence-electron chi connectivity index (χ3n) is 2.84. The summed E-state index contributed by atoms with van der Waals surface area (Å²) >= 11 is 0. The molecule has 1 amide bonds. The van der Waals surface area contributed by atoms with Gasteiger partial charge in [-0.15, -0.1) is 0 Å². The number of hydrogen-bond acceptors (Lipinski definition) is 4. The molecule has 1 N–H and O–H groups in total. The highest BCUT2D eigenvalue weighted by Gasteiger charge is 2.32. The molecule has 1 aromatic carbocycles. The Bertz CT molecular complexity index is 448. The molecule has 1 aromatic rings. The van der Waals surface area contributed by atoms with Crippen molar-refractivity contribution in [3.05, 3.63) is 30.3 Å². The molecule has 1 aliphatic rings. The van der Waals surface area contributed by atoms with Gasteiger partial charge in [-0.05, 0) is 12.1 Å². The van der Waals surface area contributed by atoms with E-state index in [9.17, 15) is 9.59 Å². The number of nitrogens with zero attached hydrogens (tertiary/aromatic N) is 1. The summed E-state index contributed by atoms with van der Waals surface area (Å²) in [6, 6.07) is 7.99. The van der Waals surface area contributed by atoms with E-state index in [1.54, 1.807) is 24.3 Å². The molecule has 6 heteroatoms. The van der Waals surface area contributed by atoms with Gasteiger partial charge in [-0.2, -0.15) is 0 Å². The van der Waals surface area contributed by atoms with Crippen LogP contribution in [0.4, 0.5) is 0 Å². The van der Waals surface area contributed by atoms with Crippen molar-refractivity contribution in [3.8, 4) is 5.75 Å². The van der Waals surface area contributed by atoms with Crippen LogP contribution in [0.25, 0.3) is 0 Å². The Morgan fingerprint density at radius 3 is 2.79 bits per heavy atom. The second kappa shape index (κ2) is 6.19. The van der Waals surface area contributed by atoms with E-state index in [1.807, 2.05) is 6.07 Å². The van der Waals surface area contributed by atoms with Crippen LogP contribution in [0.2, 0.25) is 0 Å². The lowest BCUT2D eigenvalue weighted by atomic mass is 10.2. The van der Waals surface area contributed by atoms with Gasteiger partial charge in [0.15, 0.2) is 12.6 Å². The molecule has 1 heterocycles. The maximum atomic E-state index is 12.0. The van der Waals surface area contributed by atoms with Gasteiger partial charge in [0.2, 0.25) is 0 Å². The van der Waals surface area contributed by atoms with Crippen LogP contribution in [0.5, 0.6) is 5.75 Å². The first-order valence-electron chi connectivity index (χ1n) is 5.96. The Morgan fingerprint density at radius 2 is 2.11 bits per heavy atom. The quantitative estimate of drug-likeness (QED) is 0.851. The first-order valence-corrected chi connectivity index (χ1v) is 5.96. The maximum absolute atomic E-state index is 12.0. The third-order valence-corrected chi connectivity index (χ3v) is 2.84. The number of ether oxygens (including phenoxy) is 2. The van der Waals surface area contributed by atoms with E-state index in [-0.39, 0.29) is 25.7 Å². The van der Waals surface area contributed by atoms with Gasteiger partial charge < -0.3 is 19.5 Å². The van der Waals surface area contributed by atoms with E-state index >= 15 is 0 Å². The van der Waals surface area contributed by atoms with Gasteiger partial charge in [0.1, 0.15) is 5.75 Å². The van der Waals surface area contributed by atoms with Crippen LogP contribution in [-0.4, -0.2) is 54.3 Å². The molecule has 0 radical (unpaired) electrons. The van der Waals surface area contributed by atoms with Crippen LogP contribution >= 0.6 is 0 Å². The molecule has 1 unspecified atom stereocenters. The summed E-state index contributed by atoms with van der Waals surface area (Å²) in [5, 5.41) is 9.03. The van der Waals surface area contributed by atoms with Gasteiger partial charge in [-0.3, -0.25) is 4.79 Å². The molecule has 0 aliphatic carbocycles. The molecule has 6 nitrogen and oxygen atoms in total. The third kappa shape index (κ3) is 3.45. The molecule has 1 atom stereocenters. The minimum atomic E-state index is -1.06. The summed E-state index contributed by atoms with van der Waals surface area (Å²) in [5.41, 5.74) is 0. The number of para-hydroxylation sites is 1. The van der Waals surface area contributed by atoms with E-state index < -0.39 is 12.0 Å². The fraction of sp³-hybridized carbons (Fsp3) is 0.385. The standard InChI is InChI=1S/C13H15NO5/c15-12(9-19-10-4-2-1-3-5-10)14-6-7-18-8-11(14)13(16)17/h1-5,11H,6-9H2,(H,16,17). The largest absolute Gasteiger partial charge is 0.484 e. The van der Waals surface area contributed by atoms with Crippen molar-refractivity contribution in [3.63, 3.8) is 0 Å². The fourth-order valence-electron chi connectivity index (χ4n) is 1.85. The first kappa shape index (κ1) is 13.4. The Labute approximate surface area is 110 Å². The number of rotatable bonds is 4. The monoisotopic (exact) mass is 265 g/mol. The molecular formula is C13H15NO5. The minimum Gasteiger partial charge on any atom is -0.484 e. The van der Waals surface area contributed by atoms with Gasteiger partial charge in [-0.1, -0.05) is 18.2 Å². The predicted octanol–water partition coefficient (Wildman–Crippen LogP) is 0.377. The number of benzene rings is 1. The fourth-order valence-corrected chi connectivity index (χ4v) is 1.85. The zero-order valence-electron chi connectivity index (χ0n) is 10.3. The van der Waals surface area contributed by atoms with E-state index in [4.69, 9.17) is 14.6 Å². The molecule has 1 saturated heterocycles. The van der Waals surface area contributed by atoms with Gasteiger partial charge >= 0.3 is 5.97 Å². The first-order chi connectivity index (χ1) is 9.18. The molecule has 0 aromatic heterocycles. The predicted molar refractivity (Wildman–Crippen MR) is 65.9 cm³/mol. The molecule has 19 heavy (non-hydrogen) atoms. The summed E-state index contributed by atoms with van der Waals surface area (Å²) < 4.78 is 10.4. The summed E-state index contributed by atoms with van der Waals surface area (Å²) in [6.45, 7) is 0.467. The van der Waals surface area contributed by atoms with Crippen molar-refractivity contribution in [2.45, 2.75) is 6.04 Å². The average Bonchev–Trinajstić information content (AvgIpc) is 2.46. The van der Waals surface area contributed by atoms with Crippen LogP contribution in [-0.2, 0) is 14.3 Å². The van der Waals surface area contributed by atoms with E-state index in [2.05, 4.69) is 0 Å². The van der Waals surface area contributed by atoms with Gasteiger partial charge in [-0.25, -0.2) is 4.79 Å². The van der Waals surface area contributed by atoms with E-state index in [0.717, 1.165) is 0 Å². The second-order valence-electron chi connectivity index (χ2n) is 4.12. The lowest BCUT2D eigenvalue weighted by Crippen LogP contribution is -2.53. The lowest BCUT2D eigenvalue weighted by molar-refractivity contribution is -0.159. The lowest BCUT2D eigenvalue weighted by Gasteiger charge is -2.32. The smallest absolute Gasteiger partial charge is 0.328 e. The van der Waals surface area contributed by atoms with Crippen LogP contribution in [0.15, 0.2) is 30.3 Å². The number of carboxylic acids is 1. The molecule has 2 rings (SSSR count). The molecule has 1 aliphatic heterocycles. The molecule has 0 bridgehead atoms. The highest BCUT2D eigenvalue weighted by Crippen LogP contribution is 2.11. The van der Waals surface area contributed by atoms with E-state index in [1.165, 1.54) is 4.90 Å². The molecular weight excluding hydrogens is 250 g/mol. The number of carbonyl (C=O) groups excluding carboxylic acids is 1. The van der Waals surface area contributed by atoms with Crippen LogP contribution in [0.1, 0.15) is 0 Å². The van der Waals surface area contributed by atoms with Gasteiger partial charge in [0.05, 0.1) is 13.2 Å². The van der Waals surface area contributed by atoms with Crippen LogP contribution in [0, 0.1) is 0 Å². The SMILES string of the molecule is O=C(O)C1COCCN1C(=O)COc1ccccc1. The Kier molecular flexibility index (Phi) is 4.35. The zero-order chi connectivity index (χ0) is 13.7. The number of amides is 1. The van der Waals surface area contributed by atoms with E-state index in [0.29, 0.717) is 12.4 Å². The van der Waals surface area contributed by atoms with Crippen molar-refractivity contribution < 1.29 is 24.2 Å². The summed E-state index contributed by atoms with van der Waals surface area (Å²) in [7, 11) is 0. The van der Waals surface area contributed by atoms with Crippen LogP contribution in [0.3, 0.4) is 0 Å². The summed E-state index contributed by atoms with van der Waals surface area (Å²) in [6.07, 6.45) is 0. The molecule has 0 spiro atoms. The topological polar surface area (TPSA) is 76.1 Å². The number of carbonyl (C=O) groups is 2. The Hall–Kier alpha value is -2.08. The van der Waals surface area contributed by atoms with Crippen molar-refractivity contribution in [2.75, 3.05) is 26.4 Å². The number of morpholine rings is 1. The number of hydrogen-bond donors (Lipinski definition) is 1. The minimum absolute atomic E-state index is 0.0202. The van der Waals surface area contributed by atoms with Crippen LogP contribution < -0.4 is 4.74 Å². The molecule has 1 fully saturated rings. The summed E-state index contributed by atoms with van der Waals surface area (Å²) in [5.74, 6) is -0.830. The number of aliphatic carboxylic acids is 1. The second-order valence-corrected chi connectivity index (χ2v) is 4.12. The Morgan fingerprint density at radius 1 is 1.37 bits per heavy atom. The van der Waals surface area contributed by atoms with Crippen molar-refractivity contribution in [1.82, 2.24) is 4.90 Å². The summed E-state index contributed by atoms with van der Waals surface area (Å²) in [4.78, 5) is 24.3. The van der Waals surface area contributed by atoms with Crippen molar-refractivity contribution in [2.24, 2.45) is 0 Å². The Balaban J connectivity index is 1.93. The average molecular weight is 265 g/mol. The molecule has 102 valence electrons. The highest BCUT2D eigenvalue weighted by atomic mass is 16.5. The molecule has 0 saturated carbocycles. The van der Waals surface area contributed by atoms with Crippen molar-refractivity contribution in [1.29, 1.82) is 0 Å².